The molecule has 0 radical (unpaired) electrons. The highest BCUT2D eigenvalue weighted by Crippen LogP contribution is 2.12. The Morgan fingerprint density at radius 3 is 2.30 bits per heavy atom. The fourth-order valence-corrected chi connectivity index (χ4v) is 0.459. The summed E-state index contributed by atoms with van der Waals surface area (Å²) < 4.78 is 5.03. The van der Waals surface area contributed by atoms with E-state index in [4.69, 9.17) is 14.9 Å². The van der Waals surface area contributed by atoms with Gasteiger partial charge >= 0.3 is 0 Å². The van der Waals surface area contributed by atoms with Crippen molar-refractivity contribution in [1.82, 2.24) is 0 Å². The Hall–Kier alpha value is -0.120. The minimum absolute atomic E-state index is 0.0432. The van der Waals surface area contributed by atoms with Crippen molar-refractivity contribution in [2.75, 3.05) is 26.4 Å². The van der Waals surface area contributed by atoms with Crippen molar-refractivity contribution in [2.45, 2.75) is 13.8 Å². The van der Waals surface area contributed by atoms with Crippen molar-refractivity contribution in [3.8, 4) is 0 Å². The average molecular weight is 148 g/mol. The van der Waals surface area contributed by atoms with E-state index in [9.17, 15) is 0 Å². The van der Waals surface area contributed by atoms with Crippen LogP contribution in [-0.4, -0.2) is 36.6 Å². The lowest BCUT2D eigenvalue weighted by atomic mass is 9.97. The minimum atomic E-state index is -0.185. The predicted molar refractivity (Wildman–Crippen MR) is 38.8 cm³/mol. The standard InChI is InChI=1S/C7H16O3/c1-7(2,5-9)6-10-4-3-8/h8-9H,3-6H2,1-2H3. The first kappa shape index (κ1) is 9.88. The van der Waals surface area contributed by atoms with E-state index in [-0.39, 0.29) is 18.6 Å². The lowest BCUT2D eigenvalue weighted by molar-refractivity contribution is 0.0134. The first-order valence-corrected chi connectivity index (χ1v) is 3.42. The SMILES string of the molecule is CC(C)(CO)COCCO. The average Bonchev–Trinajstić information content (AvgIpc) is 1.89. The summed E-state index contributed by atoms with van der Waals surface area (Å²) in [5.41, 5.74) is -0.185. The van der Waals surface area contributed by atoms with Gasteiger partial charge in [0.1, 0.15) is 0 Å². The molecule has 0 atom stereocenters. The zero-order chi connectivity index (χ0) is 8.04. The van der Waals surface area contributed by atoms with Crippen molar-refractivity contribution < 1.29 is 14.9 Å². The Kier molecular flexibility index (Phi) is 4.60. The van der Waals surface area contributed by atoms with Crippen molar-refractivity contribution >= 4 is 0 Å². The molecule has 0 saturated carbocycles. The number of ether oxygens (including phenoxy) is 1. The molecule has 0 aliphatic heterocycles. The van der Waals surface area contributed by atoms with Gasteiger partial charge in [-0.3, -0.25) is 0 Å². The maximum atomic E-state index is 8.75. The molecule has 0 bridgehead atoms. The molecule has 62 valence electrons. The van der Waals surface area contributed by atoms with Gasteiger partial charge in [0.15, 0.2) is 0 Å². The first-order valence-electron chi connectivity index (χ1n) is 3.42. The molecular weight excluding hydrogens is 132 g/mol. The molecule has 0 unspecified atom stereocenters. The Morgan fingerprint density at radius 2 is 1.90 bits per heavy atom. The third-order valence-corrected chi connectivity index (χ3v) is 1.16. The predicted octanol–water partition coefficient (Wildman–Crippen LogP) is 0.0138. The number of rotatable bonds is 5. The van der Waals surface area contributed by atoms with Crippen LogP contribution in [0.15, 0.2) is 0 Å². The Balaban J connectivity index is 3.28. The number of aliphatic hydroxyl groups excluding tert-OH is 2. The zero-order valence-corrected chi connectivity index (χ0v) is 6.63. The first-order chi connectivity index (χ1) is 4.62. The van der Waals surface area contributed by atoms with Crippen LogP contribution in [0.25, 0.3) is 0 Å². The number of aliphatic hydroxyl groups is 2. The van der Waals surface area contributed by atoms with Crippen LogP contribution in [0.5, 0.6) is 0 Å². The molecule has 0 aromatic heterocycles. The monoisotopic (exact) mass is 148 g/mol. The largest absolute Gasteiger partial charge is 0.396 e. The molecule has 0 amide bonds. The maximum Gasteiger partial charge on any atom is 0.0697 e. The molecular formula is C7H16O3. The van der Waals surface area contributed by atoms with Crippen molar-refractivity contribution in [1.29, 1.82) is 0 Å². The van der Waals surface area contributed by atoms with E-state index in [0.29, 0.717) is 13.2 Å². The van der Waals surface area contributed by atoms with Crippen LogP contribution in [0, 0.1) is 5.41 Å². The zero-order valence-electron chi connectivity index (χ0n) is 6.63. The fourth-order valence-electron chi connectivity index (χ4n) is 0.459. The van der Waals surface area contributed by atoms with Gasteiger partial charge < -0.3 is 14.9 Å². The van der Waals surface area contributed by atoms with E-state index in [2.05, 4.69) is 0 Å². The quantitative estimate of drug-likeness (QED) is 0.540. The third kappa shape index (κ3) is 4.73. The van der Waals surface area contributed by atoms with E-state index in [0.717, 1.165) is 0 Å². The highest BCUT2D eigenvalue weighted by Gasteiger charge is 2.15. The van der Waals surface area contributed by atoms with Crippen LogP contribution in [0.4, 0.5) is 0 Å². The van der Waals surface area contributed by atoms with Gasteiger partial charge in [0, 0.05) is 5.41 Å². The van der Waals surface area contributed by atoms with Crippen LogP contribution in [0.2, 0.25) is 0 Å². The van der Waals surface area contributed by atoms with E-state index >= 15 is 0 Å². The summed E-state index contributed by atoms with van der Waals surface area (Å²) in [5.74, 6) is 0. The lowest BCUT2D eigenvalue weighted by Gasteiger charge is -2.20. The lowest BCUT2D eigenvalue weighted by Crippen LogP contribution is -2.24. The van der Waals surface area contributed by atoms with Gasteiger partial charge in [-0.25, -0.2) is 0 Å². The van der Waals surface area contributed by atoms with Gasteiger partial charge in [-0.15, -0.1) is 0 Å². The third-order valence-electron chi connectivity index (χ3n) is 1.16. The maximum absolute atomic E-state index is 8.75. The van der Waals surface area contributed by atoms with Crippen molar-refractivity contribution in [3.63, 3.8) is 0 Å². The highest BCUT2D eigenvalue weighted by atomic mass is 16.5. The number of hydrogen-bond donors (Lipinski definition) is 2. The van der Waals surface area contributed by atoms with Crippen LogP contribution in [-0.2, 0) is 4.74 Å². The van der Waals surface area contributed by atoms with E-state index < -0.39 is 0 Å². The summed E-state index contributed by atoms with van der Waals surface area (Å²) in [4.78, 5) is 0. The van der Waals surface area contributed by atoms with Gasteiger partial charge in [-0.1, -0.05) is 13.8 Å². The molecule has 3 heteroatoms. The molecule has 10 heavy (non-hydrogen) atoms. The molecule has 2 N–H and O–H groups in total. The summed E-state index contributed by atoms with van der Waals surface area (Å²) in [7, 11) is 0. The topological polar surface area (TPSA) is 49.7 Å². The molecule has 0 aromatic carbocycles. The van der Waals surface area contributed by atoms with Gasteiger partial charge in [0.2, 0.25) is 0 Å². The Bertz CT molecular complexity index is 80.9. The fraction of sp³-hybridized carbons (Fsp3) is 1.00. The normalized spacial score (nSPS) is 12.0. The second-order valence-electron chi connectivity index (χ2n) is 3.10. The minimum Gasteiger partial charge on any atom is -0.396 e. The van der Waals surface area contributed by atoms with Crippen molar-refractivity contribution in [2.24, 2.45) is 5.41 Å². The van der Waals surface area contributed by atoms with Crippen LogP contribution in [0.1, 0.15) is 13.8 Å². The van der Waals surface area contributed by atoms with Crippen molar-refractivity contribution in [3.05, 3.63) is 0 Å². The second-order valence-corrected chi connectivity index (χ2v) is 3.10. The van der Waals surface area contributed by atoms with Crippen LogP contribution in [0.3, 0.4) is 0 Å². The van der Waals surface area contributed by atoms with Crippen LogP contribution < -0.4 is 0 Å². The van der Waals surface area contributed by atoms with E-state index in [1.165, 1.54) is 0 Å². The highest BCUT2D eigenvalue weighted by molar-refractivity contribution is 4.64. The number of hydrogen-bond acceptors (Lipinski definition) is 3. The second kappa shape index (κ2) is 4.66. The molecule has 0 heterocycles. The van der Waals surface area contributed by atoms with Gasteiger partial charge in [-0.05, 0) is 0 Å². The smallest absolute Gasteiger partial charge is 0.0697 e. The Morgan fingerprint density at radius 1 is 1.30 bits per heavy atom. The molecule has 0 aliphatic rings. The van der Waals surface area contributed by atoms with Gasteiger partial charge in [0.25, 0.3) is 0 Å². The molecule has 0 aromatic rings. The Labute approximate surface area is 61.6 Å². The van der Waals surface area contributed by atoms with Crippen LogP contribution >= 0.6 is 0 Å². The summed E-state index contributed by atoms with van der Waals surface area (Å²) in [6.07, 6.45) is 0. The molecule has 0 fully saturated rings. The molecule has 0 rings (SSSR count). The van der Waals surface area contributed by atoms with Gasteiger partial charge in [-0.2, -0.15) is 0 Å². The summed E-state index contributed by atoms with van der Waals surface area (Å²) in [6.45, 7) is 4.81. The van der Waals surface area contributed by atoms with E-state index in [1.807, 2.05) is 13.8 Å². The summed E-state index contributed by atoms with van der Waals surface area (Å²) in [5, 5.41) is 17.1. The van der Waals surface area contributed by atoms with Gasteiger partial charge in [0.05, 0.1) is 26.4 Å². The molecule has 0 aliphatic carbocycles. The summed E-state index contributed by atoms with van der Waals surface area (Å²) >= 11 is 0. The van der Waals surface area contributed by atoms with E-state index in [1.54, 1.807) is 0 Å². The molecule has 0 spiro atoms. The molecule has 0 saturated heterocycles. The summed E-state index contributed by atoms with van der Waals surface area (Å²) in [6, 6.07) is 0. The molecule has 3 nitrogen and oxygen atoms in total.